The monoisotopic (exact) mass is 410 g/mol. The van der Waals surface area contributed by atoms with Gasteiger partial charge in [0.1, 0.15) is 0 Å². The van der Waals surface area contributed by atoms with Gasteiger partial charge in [-0.25, -0.2) is 4.98 Å². The molecule has 27 heavy (non-hydrogen) atoms. The average molecular weight is 411 g/mol. The summed E-state index contributed by atoms with van der Waals surface area (Å²) in [5.74, 6) is -1.50. The Kier molecular flexibility index (Phi) is 6.55. The summed E-state index contributed by atoms with van der Waals surface area (Å²) in [6.07, 6.45) is 2.10. The van der Waals surface area contributed by atoms with Gasteiger partial charge in [-0.1, -0.05) is 26.7 Å². The van der Waals surface area contributed by atoms with Crippen LogP contribution in [0.4, 0.5) is 5.69 Å². The fourth-order valence-electron chi connectivity index (χ4n) is 2.87. The van der Waals surface area contributed by atoms with E-state index in [2.05, 4.69) is 9.71 Å². The number of sulfonamides is 1. The van der Waals surface area contributed by atoms with E-state index in [-0.39, 0.29) is 21.8 Å². The van der Waals surface area contributed by atoms with E-state index in [0.717, 1.165) is 11.3 Å². The Morgan fingerprint density at radius 1 is 1.07 bits per heavy atom. The number of anilines is 1. The predicted octanol–water partition coefficient (Wildman–Crippen LogP) is 2.05. The molecule has 5 N–H and O–H groups in total. The summed E-state index contributed by atoms with van der Waals surface area (Å²) < 4.78 is 28.0. The maximum atomic E-state index is 12.7. The average Bonchev–Trinajstić information content (AvgIpc) is 3.13. The number of hydrogen-bond donors (Lipinski definition) is 3. The highest BCUT2D eigenvalue weighted by Crippen LogP contribution is 2.32. The molecule has 2 amide bonds. The van der Waals surface area contributed by atoms with Crippen LogP contribution in [0.2, 0.25) is 0 Å². The molecule has 2 aromatic rings. The van der Waals surface area contributed by atoms with Gasteiger partial charge in [-0.2, -0.15) is 8.42 Å². The van der Waals surface area contributed by atoms with Crippen LogP contribution in [0.5, 0.6) is 0 Å². The van der Waals surface area contributed by atoms with E-state index >= 15 is 0 Å². The molecule has 0 spiro atoms. The van der Waals surface area contributed by atoms with Gasteiger partial charge in [-0.15, -0.1) is 11.3 Å². The minimum absolute atomic E-state index is 0.0847. The Bertz CT molecular complexity index is 912. The van der Waals surface area contributed by atoms with Crippen molar-refractivity contribution in [3.8, 4) is 0 Å². The quantitative estimate of drug-likeness (QED) is 0.579. The normalized spacial score (nSPS) is 11.3. The van der Waals surface area contributed by atoms with Gasteiger partial charge in [0.05, 0.1) is 11.2 Å². The number of carbonyl (C=O) groups excluding carboxylic acids is 2. The summed E-state index contributed by atoms with van der Waals surface area (Å²) in [5, 5.41) is 1.26. The number of carbonyl (C=O) groups is 2. The van der Waals surface area contributed by atoms with E-state index in [1.165, 1.54) is 17.0 Å². The third kappa shape index (κ3) is 4.45. The molecule has 0 aliphatic rings. The standard InChI is InChI=1S/C17H22N4O4S2/c1-3-5-10-12(16(18)22)7-13(17(19)23)11(6-4-2)15(10)21-27(24,25)14-8-26-9-20-14/h7-9,21H,3-6H2,1-2H3,(H2,18,22)(H2,19,23). The number of nitrogens with two attached hydrogens (primary N) is 2. The minimum Gasteiger partial charge on any atom is -0.366 e. The van der Waals surface area contributed by atoms with Crippen LogP contribution in [-0.4, -0.2) is 25.2 Å². The number of hydrogen-bond acceptors (Lipinski definition) is 6. The fraction of sp³-hybridized carbons (Fsp3) is 0.353. The molecule has 0 fully saturated rings. The van der Waals surface area contributed by atoms with Gasteiger partial charge < -0.3 is 11.5 Å². The van der Waals surface area contributed by atoms with Crippen LogP contribution in [-0.2, 0) is 22.9 Å². The molecule has 1 heterocycles. The van der Waals surface area contributed by atoms with Crippen LogP contribution < -0.4 is 16.2 Å². The lowest BCUT2D eigenvalue weighted by Crippen LogP contribution is -2.24. The van der Waals surface area contributed by atoms with Crippen molar-refractivity contribution in [1.29, 1.82) is 0 Å². The molecular formula is C17H22N4O4S2. The Morgan fingerprint density at radius 3 is 1.96 bits per heavy atom. The number of nitrogens with one attached hydrogen (secondary N) is 1. The van der Waals surface area contributed by atoms with Gasteiger partial charge in [-0.3, -0.25) is 14.3 Å². The zero-order valence-electron chi connectivity index (χ0n) is 15.1. The van der Waals surface area contributed by atoms with E-state index < -0.39 is 21.8 Å². The van der Waals surface area contributed by atoms with E-state index in [0.29, 0.717) is 36.8 Å². The summed E-state index contributed by atoms with van der Waals surface area (Å²) in [6.45, 7) is 3.79. The van der Waals surface area contributed by atoms with E-state index in [1.54, 1.807) is 0 Å². The molecule has 0 saturated heterocycles. The van der Waals surface area contributed by atoms with Crippen molar-refractivity contribution >= 4 is 38.9 Å². The molecule has 0 radical (unpaired) electrons. The molecular weight excluding hydrogens is 388 g/mol. The largest absolute Gasteiger partial charge is 0.366 e. The van der Waals surface area contributed by atoms with Gasteiger partial charge in [-0.05, 0) is 30.0 Å². The van der Waals surface area contributed by atoms with Crippen molar-refractivity contribution < 1.29 is 18.0 Å². The lowest BCUT2D eigenvalue weighted by molar-refractivity contribution is 0.0998. The maximum absolute atomic E-state index is 12.7. The first kappa shape index (κ1) is 20.8. The molecule has 10 heteroatoms. The number of amides is 2. The van der Waals surface area contributed by atoms with Gasteiger partial charge in [0, 0.05) is 16.5 Å². The number of aromatic nitrogens is 1. The molecule has 8 nitrogen and oxygen atoms in total. The molecule has 1 aromatic heterocycles. The third-order valence-electron chi connectivity index (χ3n) is 3.99. The first-order valence-corrected chi connectivity index (χ1v) is 10.8. The molecule has 1 aromatic carbocycles. The molecule has 146 valence electrons. The number of rotatable bonds is 9. The van der Waals surface area contributed by atoms with Crippen molar-refractivity contribution in [3.05, 3.63) is 39.2 Å². The molecule has 0 unspecified atom stereocenters. The van der Waals surface area contributed by atoms with Crippen molar-refractivity contribution in [2.75, 3.05) is 4.72 Å². The van der Waals surface area contributed by atoms with E-state index in [1.807, 2.05) is 13.8 Å². The van der Waals surface area contributed by atoms with Crippen molar-refractivity contribution in [2.24, 2.45) is 11.5 Å². The fourth-order valence-corrected chi connectivity index (χ4v) is 4.84. The van der Waals surface area contributed by atoms with Gasteiger partial charge >= 0.3 is 0 Å². The summed E-state index contributed by atoms with van der Waals surface area (Å²) in [7, 11) is -3.99. The van der Waals surface area contributed by atoms with Gasteiger partial charge in [0.2, 0.25) is 11.8 Å². The highest BCUT2D eigenvalue weighted by molar-refractivity contribution is 7.92. The topological polar surface area (TPSA) is 145 Å². The van der Waals surface area contributed by atoms with Crippen LogP contribution in [0.3, 0.4) is 0 Å². The summed E-state index contributed by atoms with van der Waals surface area (Å²) in [4.78, 5) is 27.8. The minimum atomic E-state index is -3.99. The Labute approximate surface area is 162 Å². The highest BCUT2D eigenvalue weighted by atomic mass is 32.2. The van der Waals surface area contributed by atoms with Crippen LogP contribution in [0, 0.1) is 0 Å². The maximum Gasteiger partial charge on any atom is 0.280 e. The van der Waals surface area contributed by atoms with Crippen LogP contribution in [0.25, 0.3) is 0 Å². The van der Waals surface area contributed by atoms with E-state index in [9.17, 15) is 18.0 Å². The zero-order chi connectivity index (χ0) is 20.2. The first-order chi connectivity index (χ1) is 12.7. The molecule has 2 rings (SSSR count). The first-order valence-electron chi connectivity index (χ1n) is 8.42. The molecule has 0 aliphatic carbocycles. The highest BCUT2D eigenvalue weighted by Gasteiger charge is 2.26. The number of thiazole rings is 1. The SMILES string of the molecule is CCCc1c(C(N)=O)cc(C(N)=O)c(CCC)c1NS(=O)(=O)c1cscn1. The number of nitrogens with zero attached hydrogens (tertiary/aromatic N) is 1. The second-order valence-corrected chi connectivity index (χ2v) is 8.31. The molecule has 0 saturated carbocycles. The van der Waals surface area contributed by atoms with Crippen LogP contribution >= 0.6 is 11.3 Å². The molecule has 0 bridgehead atoms. The smallest absolute Gasteiger partial charge is 0.280 e. The number of benzene rings is 1. The Balaban J connectivity index is 2.80. The lowest BCUT2D eigenvalue weighted by Gasteiger charge is -2.21. The lowest BCUT2D eigenvalue weighted by atomic mass is 9.90. The second kappa shape index (κ2) is 8.49. The van der Waals surface area contributed by atoms with Gasteiger partial charge in [0.25, 0.3) is 10.0 Å². The predicted molar refractivity (Wildman–Crippen MR) is 104 cm³/mol. The molecule has 0 atom stereocenters. The Hall–Kier alpha value is -2.46. The summed E-state index contributed by atoms with van der Waals surface area (Å²) in [6, 6.07) is 1.36. The summed E-state index contributed by atoms with van der Waals surface area (Å²) in [5.41, 5.74) is 13.7. The van der Waals surface area contributed by atoms with Crippen LogP contribution in [0.1, 0.15) is 58.5 Å². The van der Waals surface area contributed by atoms with Crippen molar-refractivity contribution in [1.82, 2.24) is 4.98 Å². The third-order valence-corrected chi connectivity index (χ3v) is 5.98. The second-order valence-electron chi connectivity index (χ2n) is 5.96. The number of primary amides is 2. The zero-order valence-corrected chi connectivity index (χ0v) is 16.7. The molecule has 0 aliphatic heterocycles. The summed E-state index contributed by atoms with van der Waals surface area (Å²) >= 11 is 1.14. The Morgan fingerprint density at radius 2 is 1.59 bits per heavy atom. The van der Waals surface area contributed by atoms with Crippen molar-refractivity contribution in [3.63, 3.8) is 0 Å². The van der Waals surface area contributed by atoms with E-state index in [4.69, 9.17) is 11.5 Å². The van der Waals surface area contributed by atoms with Crippen LogP contribution in [0.15, 0.2) is 22.0 Å². The van der Waals surface area contributed by atoms with Crippen molar-refractivity contribution in [2.45, 2.75) is 44.6 Å². The van der Waals surface area contributed by atoms with Gasteiger partial charge in [0.15, 0.2) is 5.03 Å².